The Kier molecular flexibility index (Phi) is 4.84. The molecule has 0 aliphatic heterocycles. The molecule has 0 radical (unpaired) electrons. The van der Waals surface area contributed by atoms with E-state index in [9.17, 15) is 9.59 Å². The van der Waals surface area contributed by atoms with Crippen molar-refractivity contribution >= 4 is 17.1 Å². The van der Waals surface area contributed by atoms with E-state index in [4.69, 9.17) is 4.74 Å². The zero-order valence-corrected chi connectivity index (χ0v) is 13.8. The van der Waals surface area contributed by atoms with Gasteiger partial charge in [-0.1, -0.05) is 32.1 Å². The van der Waals surface area contributed by atoms with Crippen LogP contribution in [-0.2, 0) is 9.59 Å². The number of carbonyl (C=O) groups excluding carboxylic acids is 2. The van der Waals surface area contributed by atoms with Gasteiger partial charge in [-0.05, 0) is 42.5 Å². The summed E-state index contributed by atoms with van der Waals surface area (Å²) in [5.41, 5.74) is 1.35. The molecular formula is C19H24O3. The maximum atomic E-state index is 12.3. The Morgan fingerprint density at radius 2 is 1.73 bits per heavy atom. The monoisotopic (exact) mass is 300 g/mol. The lowest BCUT2D eigenvalue weighted by atomic mass is 9.71. The van der Waals surface area contributed by atoms with Crippen molar-refractivity contribution < 1.29 is 14.3 Å². The van der Waals surface area contributed by atoms with Gasteiger partial charge in [-0.15, -0.1) is 0 Å². The highest BCUT2D eigenvalue weighted by molar-refractivity contribution is 6.13. The van der Waals surface area contributed by atoms with Crippen LogP contribution in [0.1, 0.15) is 45.6 Å². The summed E-state index contributed by atoms with van der Waals surface area (Å²) in [4.78, 5) is 24.6. The fourth-order valence-electron chi connectivity index (χ4n) is 3.22. The maximum absolute atomic E-state index is 12.3. The Morgan fingerprint density at radius 3 is 2.18 bits per heavy atom. The predicted molar refractivity (Wildman–Crippen MR) is 87.8 cm³/mol. The van der Waals surface area contributed by atoms with Crippen molar-refractivity contribution in [3.05, 3.63) is 35.9 Å². The Hall–Kier alpha value is -1.90. The van der Waals surface area contributed by atoms with Gasteiger partial charge in [-0.25, -0.2) is 0 Å². The van der Waals surface area contributed by atoms with E-state index in [1.165, 1.54) is 0 Å². The molecule has 0 aromatic heterocycles. The topological polar surface area (TPSA) is 43.4 Å². The molecule has 1 aliphatic carbocycles. The number of ether oxygens (including phenoxy) is 1. The van der Waals surface area contributed by atoms with Crippen LogP contribution < -0.4 is 4.74 Å². The molecule has 22 heavy (non-hydrogen) atoms. The van der Waals surface area contributed by atoms with Gasteiger partial charge in [0.1, 0.15) is 17.3 Å². The van der Waals surface area contributed by atoms with E-state index >= 15 is 0 Å². The third-order valence-electron chi connectivity index (χ3n) is 4.84. The molecule has 0 heterocycles. The summed E-state index contributed by atoms with van der Waals surface area (Å²) in [5, 5.41) is 0. The Balaban J connectivity index is 2.24. The second-order valence-electron chi connectivity index (χ2n) is 6.29. The first-order chi connectivity index (χ1) is 10.4. The lowest BCUT2D eigenvalue weighted by molar-refractivity contribution is -0.137. The van der Waals surface area contributed by atoms with Crippen molar-refractivity contribution in [1.82, 2.24) is 0 Å². The molecule has 0 N–H and O–H groups in total. The van der Waals surface area contributed by atoms with Crippen LogP contribution in [-0.4, -0.2) is 18.7 Å². The van der Waals surface area contributed by atoms with Gasteiger partial charge in [0.25, 0.3) is 0 Å². The molecule has 1 aromatic rings. The Bertz CT molecular complexity index is 578. The second kappa shape index (κ2) is 6.47. The van der Waals surface area contributed by atoms with Crippen molar-refractivity contribution in [2.75, 3.05) is 7.11 Å². The maximum Gasteiger partial charge on any atom is 0.147 e. The smallest absolute Gasteiger partial charge is 0.147 e. The highest BCUT2D eigenvalue weighted by Gasteiger charge is 2.50. The van der Waals surface area contributed by atoms with Gasteiger partial charge in [-0.3, -0.25) is 9.59 Å². The molecule has 0 atom stereocenters. The van der Waals surface area contributed by atoms with E-state index in [0.717, 1.165) is 16.9 Å². The van der Waals surface area contributed by atoms with Crippen LogP contribution in [0.25, 0.3) is 5.57 Å². The summed E-state index contributed by atoms with van der Waals surface area (Å²) in [6, 6.07) is 7.81. The number of carbonyl (C=O) groups is 2. The second-order valence-corrected chi connectivity index (χ2v) is 6.29. The summed E-state index contributed by atoms with van der Waals surface area (Å²) in [5.74, 6) is 1.06. The van der Waals surface area contributed by atoms with Crippen LogP contribution in [0.3, 0.4) is 0 Å². The molecule has 0 bridgehead atoms. The van der Waals surface area contributed by atoms with Crippen LogP contribution in [0, 0.1) is 11.3 Å². The molecular weight excluding hydrogens is 276 g/mol. The third-order valence-corrected chi connectivity index (χ3v) is 4.84. The van der Waals surface area contributed by atoms with Crippen molar-refractivity contribution in [2.24, 2.45) is 11.3 Å². The number of Topliss-reactive ketones (excluding diaryl/α,β-unsaturated/α-hetero) is 2. The fourth-order valence-corrected chi connectivity index (χ4v) is 3.22. The predicted octanol–water partition coefficient (Wildman–Crippen LogP) is 4.06. The van der Waals surface area contributed by atoms with Gasteiger partial charge >= 0.3 is 0 Å². The molecule has 1 aromatic carbocycles. The normalized spacial score (nSPS) is 18.1. The minimum Gasteiger partial charge on any atom is -0.497 e. The van der Waals surface area contributed by atoms with Crippen LogP contribution in [0.15, 0.2) is 30.3 Å². The molecule has 1 fully saturated rings. The van der Waals surface area contributed by atoms with E-state index in [1.807, 2.05) is 51.1 Å². The number of benzene rings is 1. The van der Waals surface area contributed by atoms with Gasteiger partial charge in [-0.2, -0.15) is 0 Å². The minimum atomic E-state index is -0.812. The number of ketones is 2. The molecule has 118 valence electrons. The number of rotatable bonds is 5. The van der Waals surface area contributed by atoms with Crippen molar-refractivity contribution in [2.45, 2.75) is 40.0 Å². The zero-order valence-electron chi connectivity index (χ0n) is 13.8. The first kappa shape index (κ1) is 16.5. The van der Waals surface area contributed by atoms with Gasteiger partial charge in [0.05, 0.1) is 12.5 Å². The quantitative estimate of drug-likeness (QED) is 0.770. The molecule has 3 nitrogen and oxygen atoms in total. The number of allylic oxidation sites excluding steroid dienone is 2. The Labute approximate surface area is 132 Å². The molecule has 2 rings (SSSR count). The van der Waals surface area contributed by atoms with Crippen molar-refractivity contribution in [1.29, 1.82) is 0 Å². The minimum absolute atomic E-state index is 0.0370. The molecule has 1 aliphatic rings. The van der Waals surface area contributed by atoms with Gasteiger partial charge in [0.2, 0.25) is 0 Å². The molecule has 3 heteroatoms. The first-order valence-corrected chi connectivity index (χ1v) is 7.79. The van der Waals surface area contributed by atoms with Crippen LogP contribution >= 0.6 is 0 Å². The summed E-state index contributed by atoms with van der Waals surface area (Å²) in [6.45, 7) is 5.95. The fraction of sp³-hybridized carbons (Fsp3) is 0.474. The lowest BCUT2D eigenvalue weighted by Crippen LogP contribution is -2.37. The molecule has 1 saturated carbocycles. The SMILES string of the molecule is COc1ccc(/C(C)=C/CC2(C(C)C)C(=O)CCC2=O)cc1. The van der Waals surface area contributed by atoms with Crippen molar-refractivity contribution in [3.63, 3.8) is 0 Å². The largest absolute Gasteiger partial charge is 0.497 e. The van der Waals surface area contributed by atoms with Gasteiger partial charge in [0, 0.05) is 12.8 Å². The summed E-state index contributed by atoms with van der Waals surface area (Å²) in [7, 11) is 1.64. The molecule has 0 amide bonds. The molecule has 0 unspecified atom stereocenters. The van der Waals surface area contributed by atoms with E-state index < -0.39 is 5.41 Å². The molecule has 0 spiro atoms. The Morgan fingerprint density at radius 1 is 1.18 bits per heavy atom. The van der Waals surface area contributed by atoms with E-state index in [1.54, 1.807) is 7.11 Å². The molecule has 0 saturated heterocycles. The zero-order chi connectivity index (χ0) is 16.3. The van der Waals surface area contributed by atoms with Gasteiger partial charge in [0.15, 0.2) is 0 Å². The van der Waals surface area contributed by atoms with E-state index in [-0.39, 0.29) is 17.5 Å². The highest BCUT2D eigenvalue weighted by Crippen LogP contribution is 2.42. The van der Waals surface area contributed by atoms with Crippen LogP contribution in [0.5, 0.6) is 5.75 Å². The van der Waals surface area contributed by atoms with E-state index in [0.29, 0.717) is 19.3 Å². The summed E-state index contributed by atoms with van der Waals surface area (Å²) < 4.78 is 5.16. The van der Waals surface area contributed by atoms with Gasteiger partial charge < -0.3 is 4.74 Å². The van der Waals surface area contributed by atoms with E-state index in [2.05, 4.69) is 0 Å². The summed E-state index contributed by atoms with van der Waals surface area (Å²) in [6.07, 6.45) is 3.32. The standard InChI is InChI=1S/C19H24O3/c1-13(2)19(17(20)9-10-18(19)21)12-11-14(3)15-5-7-16(22-4)8-6-15/h5-8,11,13H,9-10,12H2,1-4H3/b14-11+. The van der Waals surface area contributed by atoms with Crippen LogP contribution in [0.4, 0.5) is 0 Å². The van der Waals surface area contributed by atoms with Crippen LogP contribution in [0.2, 0.25) is 0 Å². The number of hydrogen-bond donors (Lipinski definition) is 0. The lowest BCUT2D eigenvalue weighted by Gasteiger charge is -2.29. The first-order valence-electron chi connectivity index (χ1n) is 7.79. The summed E-state index contributed by atoms with van der Waals surface area (Å²) >= 11 is 0. The average Bonchev–Trinajstić information content (AvgIpc) is 2.81. The highest BCUT2D eigenvalue weighted by atomic mass is 16.5. The number of hydrogen-bond acceptors (Lipinski definition) is 3. The van der Waals surface area contributed by atoms with Crippen molar-refractivity contribution in [3.8, 4) is 5.75 Å². The third kappa shape index (κ3) is 2.85. The number of methoxy groups -OCH3 is 1. The average molecular weight is 300 g/mol.